The van der Waals surface area contributed by atoms with Gasteiger partial charge >= 0.3 is 0 Å². The molecule has 0 radical (unpaired) electrons. The number of rotatable bonds is 6. The van der Waals surface area contributed by atoms with Crippen LogP contribution in [0.15, 0.2) is 90.1 Å². The van der Waals surface area contributed by atoms with E-state index in [1.54, 1.807) is 6.07 Å². The number of imidazole rings is 1. The predicted molar refractivity (Wildman–Crippen MR) is 123 cm³/mol. The smallest absolute Gasteiger partial charge is 0.269 e. The second kappa shape index (κ2) is 8.47. The van der Waals surface area contributed by atoms with Crippen molar-refractivity contribution in [1.29, 1.82) is 0 Å². The van der Waals surface area contributed by atoms with Gasteiger partial charge in [0.2, 0.25) is 5.91 Å². The van der Waals surface area contributed by atoms with E-state index in [-0.39, 0.29) is 18.0 Å². The largest absolute Gasteiger partial charge is 0.350 e. The highest BCUT2D eigenvalue weighted by molar-refractivity contribution is 5.80. The Morgan fingerprint density at radius 3 is 2.25 bits per heavy atom. The van der Waals surface area contributed by atoms with E-state index in [0.29, 0.717) is 17.6 Å². The van der Waals surface area contributed by atoms with Crippen LogP contribution in [0.25, 0.3) is 22.1 Å². The quantitative estimate of drug-likeness (QED) is 0.455. The van der Waals surface area contributed by atoms with Crippen molar-refractivity contribution in [2.24, 2.45) is 0 Å². The fourth-order valence-corrected chi connectivity index (χ4v) is 3.77. The summed E-state index contributed by atoms with van der Waals surface area (Å²) in [6.07, 6.45) is 3.10. The van der Waals surface area contributed by atoms with Crippen molar-refractivity contribution in [3.63, 3.8) is 0 Å². The predicted octanol–water partition coefficient (Wildman–Crippen LogP) is 3.11. The van der Waals surface area contributed by atoms with Gasteiger partial charge in [0.1, 0.15) is 6.54 Å². The van der Waals surface area contributed by atoms with E-state index in [0.717, 1.165) is 28.7 Å². The SMILES string of the molecule is O=C(Cn1c(=O)cnc2ccccc21)NCc1ccc(Cn2cnc3ccccc32)cc1. The van der Waals surface area contributed by atoms with Crippen LogP contribution >= 0.6 is 0 Å². The first-order valence-electron chi connectivity index (χ1n) is 10.4. The molecule has 1 amide bonds. The molecule has 0 saturated carbocycles. The molecule has 0 bridgehead atoms. The lowest BCUT2D eigenvalue weighted by Gasteiger charge is -2.10. The van der Waals surface area contributed by atoms with Crippen molar-refractivity contribution < 1.29 is 4.79 Å². The van der Waals surface area contributed by atoms with Gasteiger partial charge in [0, 0.05) is 13.1 Å². The average Bonchev–Trinajstić information content (AvgIpc) is 3.23. The molecule has 5 rings (SSSR count). The number of hydrogen-bond donors (Lipinski definition) is 1. The van der Waals surface area contributed by atoms with E-state index in [2.05, 4.69) is 38.1 Å². The number of hydrogen-bond acceptors (Lipinski definition) is 4. The molecule has 7 heteroatoms. The van der Waals surface area contributed by atoms with Crippen LogP contribution in [0, 0.1) is 0 Å². The number of carbonyl (C=O) groups is 1. The van der Waals surface area contributed by atoms with Gasteiger partial charge in [-0.3, -0.25) is 14.2 Å². The lowest BCUT2D eigenvalue weighted by atomic mass is 10.1. The Morgan fingerprint density at radius 2 is 1.47 bits per heavy atom. The zero-order chi connectivity index (χ0) is 21.9. The molecule has 32 heavy (non-hydrogen) atoms. The fourth-order valence-electron chi connectivity index (χ4n) is 3.77. The van der Waals surface area contributed by atoms with Gasteiger partial charge in [-0.05, 0) is 35.4 Å². The molecule has 0 aliphatic carbocycles. The zero-order valence-corrected chi connectivity index (χ0v) is 17.3. The van der Waals surface area contributed by atoms with Crippen molar-refractivity contribution in [3.05, 3.63) is 107 Å². The minimum absolute atomic E-state index is 0.0480. The first-order valence-corrected chi connectivity index (χ1v) is 10.4. The van der Waals surface area contributed by atoms with Crippen molar-refractivity contribution >= 4 is 28.0 Å². The molecule has 0 saturated heterocycles. The van der Waals surface area contributed by atoms with Crippen LogP contribution in [0.4, 0.5) is 0 Å². The van der Waals surface area contributed by atoms with Crippen molar-refractivity contribution in [3.8, 4) is 0 Å². The van der Waals surface area contributed by atoms with Gasteiger partial charge in [-0.1, -0.05) is 48.5 Å². The van der Waals surface area contributed by atoms with Crippen molar-refractivity contribution in [2.75, 3.05) is 0 Å². The number of amides is 1. The molecule has 0 aliphatic heterocycles. The Balaban J connectivity index is 1.23. The van der Waals surface area contributed by atoms with Crippen LogP contribution in [0.2, 0.25) is 0 Å². The lowest BCUT2D eigenvalue weighted by Crippen LogP contribution is -2.32. The van der Waals surface area contributed by atoms with Gasteiger partial charge < -0.3 is 9.88 Å². The molecule has 0 aliphatic rings. The van der Waals surface area contributed by atoms with Crippen LogP contribution in [-0.2, 0) is 24.4 Å². The normalized spacial score (nSPS) is 11.1. The zero-order valence-electron chi connectivity index (χ0n) is 17.3. The van der Waals surface area contributed by atoms with Crippen LogP contribution < -0.4 is 10.9 Å². The molecule has 0 fully saturated rings. The maximum Gasteiger partial charge on any atom is 0.269 e. The van der Waals surface area contributed by atoms with Crippen LogP contribution in [0.3, 0.4) is 0 Å². The number of benzene rings is 3. The Bertz CT molecular complexity index is 1470. The summed E-state index contributed by atoms with van der Waals surface area (Å²) in [5.41, 5.74) is 5.25. The molecule has 3 aromatic carbocycles. The van der Waals surface area contributed by atoms with Crippen molar-refractivity contribution in [2.45, 2.75) is 19.6 Å². The van der Waals surface area contributed by atoms with E-state index in [4.69, 9.17) is 0 Å². The minimum atomic E-state index is -0.296. The minimum Gasteiger partial charge on any atom is -0.350 e. The molecular weight excluding hydrogens is 402 g/mol. The van der Waals surface area contributed by atoms with E-state index < -0.39 is 0 Å². The van der Waals surface area contributed by atoms with E-state index >= 15 is 0 Å². The molecule has 1 N–H and O–H groups in total. The summed E-state index contributed by atoms with van der Waals surface area (Å²) >= 11 is 0. The second-order valence-corrected chi connectivity index (χ2v) is 7.63. The standard InChI is InChI=1S/C25H21N5O2/c31-24(16-30-23-8-4-2-6-21(23)26-14-25(30)32)27-13-18-9-11-19(12-10-18)15-29-17-28-20-5-1-3-7-22(20)29/h1-12,14,17H,13,15-16H2,(H,27,31). The maximum absolute atomic E-state index is 12.5. The number of nitrogens with one attached hydrogen (secondary N) is 1. The summed E-state index contributed by atoms with van der Waals surface area (Å²) in [5, 5.41) is 2.89. The van der Waals surface area contributed by atoms with Crippen molar-refractivity contribution in [1.82, 2.24) is 24.4 Å². The topological polar surface area (TPSA) is 81.8 Å². The summed E-state index contributed by atoms with van der Waals surface area (Å²) in [5.74, 6) is -0.225. The Hall–Kier alpha value is -4.26. The Kier molecular flexibility index (Phi) is 5.21. The fraction of sp³-hybridized carbons (Fsp3) is 0.120. The number of fused-ring (bicyclic) bond motifs is 2. The van der Waals surface area contributed by atoms with Gasteiger partial charge in [-0.2, -0.15) is 0 Å². The van der Waals surface area contributed by atoms with E-state index in [1.165, 1.54) is 10.8 Å². The Morgan fingerprint density at radius 1 is 0.812 bits per heavy atom. The van der Waals surface area contributed by atoms with E-state index in [9.17, 15) is 9.59 Å². The highest BCUT2D eigenvalue weighted by atomic mass is 16.2. The second-order valence-electron chi connectivity index (χ2n) is 7.63. The molecule has 5 aromatic rings. The molecule has 7 nitrogen and oxygen atoms in total. The first kappa shape index (κ1) is 19.7. The molecule has 158 valence electrons. The van der Waals surface area contributed by atoms with Gasteiger partial charge in [0.05, 0.1) is 34.6 Å². The molecular formula is C25H21N5O2. The third-order valence-corrected chi connectivity index (χ3v) is 5.45. The van der Waals surface area contributed by atoms with Gasteiger partial charge in [-0.15, -0.1) is 0 Å². The van der Waals surface area contributed by atoms with E-state index in [1.807, 2.05) is 54.9 Å². The molecule has 0 unspecified atom stereocenters. The third-order valence-electron chi connectivity index (χ3n) is 5.45. The first-order chi connectivity index (χ1) is 15.7. The molecule has 2 heterocycles. The van der Waals surface area contributed by atoms with Gasteiger partial charge in [0.15, 0.2) is 0 Å². The highest BCUT2D eigenvalue weighted by Gasteiger charge is 2.09. The maximum atomic E-state index is 12.5. The third kappa shape index (κ3) is 4.00. The van der Waals surface area contributed by atoms with Crippen LogP contribution in [0.5, 0.6) is 0 Å². The lowest BCUT2D eigenvalue weighted by molar-refractivity contribution is -0.121. The Labute approximate surface area is 184 Å². The number of nitrogens with zero attached hydrogens (tertiary/aromatic N) is 4. The van der Waals surface area contributed by atoms with Gasteiger partial charge in [0.25, 0.3) is 5.56 Å². The van der Waals surface area contributed by atoms with Crippen LogP contribution in [0.1, 0.15) is 11.1 Å². The number of aromatic nitrogens is 4. The number of carbonyl (C=O) groups excluding carboxylic acids is 1. The summed E-state index contributed by atoms with van der Waals surface area (Å²) in [6, 6.07) is 23.4. The molecule has 0 spiro atoms. The van der Waals surface area contributed by atoms with Gasteiger partial charge in [-0.25, -0.2) is 9.97 Å². The molecule has 2 aromatic heterocycles. The molecule has 0 atom stereocenters. The monoisotopic (exact) mass is 423 g/mol. The summed E-state index contributed by atoms with van der Waals surface area (Å²) in [4.78, 5) is 33.2. The summed E-state index contributed by atoms with van der Waals surface area (Å²) < 4.78 is 3.55. The van der Waals surface area contributed by atoms with Crippen LogP contribution in [-0.4, -0.2) is 25.0 Å². The average molecular weight is 423 g/mol. The number of para-hydroxylation sites is 4. The summed E-state index contributed by atoms with van der Waals surface area (Å²) in [6.45, 7) is 1.07. The summed E-state index contributed by atoms with van der Waals surface area (Å²) in [7, 11) is 0. The highest BCUT2D eigenvalue weighted by Crippen LogP contribution is 2.14.